The van der Waals surface area contributed by atoms with E-state index in [4.69, 9.17) is 15.4 Å². The normalized spacial score (nSPS) is 14.2. The zero-order chi connectivity index (χ0) is 41.7. The first-order valence-electron chi connectivity index (χ1n) is 20.8. The van der Waals surface area contributed by atoms with E-state index in [1.54, 1.807) is 24.4 Å². The molecular formula is C48H38IrN2O-2. The third-order valence-electron chi connectivity index (χ3n) is 8.85. The first-order chi connectivity index (χ1) is 28.1. The van der Waals surface area contributed by atoms with Crippen molar-refractivity contribution in [3.05, 3.63) is 169 Å². The Morgan fingerprint density at radius 3 is 2.35 bits per heavy atom. The van der Waals surface area contributed by atoms with Crippen LogP contribution in [0.5, 0.6) is 0 Å². The van der Waals surface area contributed by atoms with Gasteiger partial charge in [-0.2, -0.15) is 0 Å². The number of benzene rings is 6. The molecule has 9 rings (SSSR count). The molecule has 0 unspecified atom stereocenters. The monoisotopic (exact) mass is 859 g/mol. The molecule has 0 fully saturated rings. The van der Waals surface area contributed by atoms with Gasteiger partial charge in [0.05, 0.1) is 5.58 Å². The van der Waals surface area contributed by atoms with Crippen LogP contribution in [0, 0.1) is 31.8 Å². The molecule has 0 amide bonds. The van der Waals surface area contributed by atoms with Crippen LogP contribution >= 0.6 is 0 Å². The molecule has 4 heteroatoms. The molecule has 257 valence electrons. The summed E-state index contributed by atoms with van der Waals surface area (Å²) in [6, 6.07) is 46.2. The average molecular weight is 859 g/mol. The van der Waals surface area contributed by atoms with Gasteiger partial charge in [0.2, 0.25) is 0 Å². The molecule has 0 N–H and O–H groups in total. The number of hydrogen-bond acceptors (Lipinski definition) is 3. The van der Waals surface area contributed by atoms with Crippen LogP contribution in [0.1, 0.15) is 41.5 Å². The molecule has 3 aromatic heterocycles. The SMILES string of the molecule is [2H]C([2H])([2H])c1ccc(-c2[c-]cc(C([2H])([2H])[2H])c(-c3ccccc3)c2)nc1.[2H]C([2H])(c1ccnc(-c2[c-]ccc3c2oc2c3ccc3ccc4ccccc4c32)c1)C(C)C.[Ir]. The summed E-state index contributed by atoms with van der Waals surface area (Å²) in [5.74, 6) is -0.154. The summed E-state index contributed by atoms with van der Waals surface area (Å²) in [6.07, 6.45) is 1.54. The quantitative estimate of drug-likeness (QED) is 0.128. The Labute approximate surface area is 330 Å². The molecule has 0 atom stereocenters. The number of pyridine rings is 2. The molecule has 3 heterocycles. The van der Waals surface area contributed by atoms with E-state index in [1.165, 1.54) is 23.7 Å². The minimum Gasteiger partial charge on any atom is -0.500 e. The van der Waals surface area contributed by atoms with Gasteiger partial charge in [-0.3, -0.25) is 0 Å². The predicted molar refractivity (Wildman–Crippen MR) is 213 cm³/mol. The van der Waals surface area contributed by atoms with E-state index in [2.05, 4.69) is 70.6 Å². The van der Waals surface area contributed by atoms with Crippen LogP contribution < -0.4 is 0 Å². The van der Waals surface area contributed by atoms with Crippen molar-refractivity contribution in [2.45, 2.75) is 33.9 Å². The van der Waals surface area contributed by atoms with Gasteiger partial charge >= 0.3 is 0 Å². The first kappa shape index (κ1) is 26.4. The number of fused-ring (bicyclic) bond motifs is 7. The van der Waals surface area contributed by atoms with Crippen LogP contribution in [0.2, 0.25) is 0 Å². The van der Waals surface area contributed by atoms with E-state index in [-0.39, 0.29) is 37.2 Å². The molecule has 0 spiro atoms. The van der Waals surface area contributed by atoms with Gasteiger partial charge in [-0.05, 0) is 63.9 Å². The van der Waals surface area contributed by atoms with Crippen molar-refractivity contribution in [1.29, 1.82) is 0 Å². The van der Waals surface area contributed by atoms with Crippen LogP contribution in [0.3, 0.4) is 0 Å². The van der Waals surface area contributed by atoms with Crippen LogP contribution in [-0.4, -0.2) is 9.97 Å². The summed E-state index contributed by atoms with van der Waals surface area (Å²) in [7, 11) is 0. The predicted octanol–water partition coefficient (Wildman–Crippen LogP) is 12.8. The van der Waals surface area contributed by atoms with E-state index >= 15 is 0 Å². The second-order valence-corrected chi connectivity index (χ2v) is 12.7. The van der Waals surface area contributed by atoms with Crippen LogP contribution in [0.25, 0.3) is 77.1 Å². The maximum atomic E-state index is 8.50. The van der Waals surface area contributed by atoms with Crippen molar-refractivity contribution in [2.24, 2.45) is 5.92 Å². The molecular weight excluding hydrogens is 813 g/mol. The zero-order valence-corrected chi connectivity index (χ0v) is 30.9. The van der Waals surface area contributed by atoms with Crippen molar-refractivity contribution in [3.8, 4) is 33.6 Å². The summed E-state index contributed by atoms with van der Waals surface area (Å²) in [4.78, 5) is 8.77. The van der Waals surface area contributed by atoms with Crippen LogP contribution in [-0.2, 0) is 26.5 Å². The maximum absolute atomic E-state index is 8.50. The van der Waals surface area contributed by atoms with E-state index in [0.717, 1.165) is 49.2 Å². The third-order valence-corrected chi connectivity index (χ3v) is 8.85. The Balaban J connectivity index is 0.000000184. The number of aryl methyl sites for hydroxylation is 2. The maximum Gasteiger partial charge on any atom is 0.129 e. The third kappa shape index (κ3) is 6.93. The number of rotatable bonds is 5. The second-order valence-electron chi connectivity index (χ2n) is 12.7. The summed E-state index contributed by atoms with van der Waals surface area (Å²) < 4.78 is 69.1. The minimum atomic E-state index is -2.27. The number of furan rings is 1. The van der Waals surface area contributed by atoms with E-state index < -0.39 is 20.1 Å². The molecule has 0 bridgehead atoms. The molecule has 3 nitrogen and oxygen atoms in total. The second kappa shape index (κ2) is 15.1. The van der Waals surface area contributed by atoms with E-state index in [1.807, 2.05) is 62.4 Å². The molecule has 0 saturated carbocycles. The molecule has 0 saturated heterocycles. The Bertz CT molecular complexity index is 2980. The molecule has 52 heavy (non-hydrogen) atoms. The fourth-order valence-electron chi connectivity index (χ4n) is 6.52. The standard InChI is InChI=1S/C29H22NO.C19H16N.Ir/c1-18(2)16-19-14-15-30-26(17-19)25-9-5-8-23-24-13-12-21-11-10-20-6-3-4-7-22(20)27(21)29(24)31-28(23)25;1-14-8-11-19(20-13-14)17-10-9-15(2)18(12-17)16-6-4-3-5-7-16;/h3-8,10-15,17-18H,16H2,1-2H3;3-9,11-13H,1-2H3;/q2*-1;/i16D2;1D3,2D3;. The van der Waals surface area contributed by atoms with Crippen LogP contribution in [0.15, 0.2) is 144 Å². The van der Waals surface area contributed by atoms with Crippen molar-refractivity contribution in [1.82, 2.24) is 9.97 Å². The van der Waals surface area contributed by atoms with Crippen molar-refractivity contribution < 1.29 is 35.5 Å². The zero-order valence-electron chi connectivity index (χ0n) is 36.5. The van der Waals surface area contributed by atoms with Gasteiger partial charge in [-0.25, -0.2) is 0 Å². The Kier molecular flexibility index (Phi) is 7.64. The van der Waals surface area contributed by atoms with Crippen molar-refractivity contribution >= 4 is 43.5 Å². The van der Waals surface area contributed by atoms with Crippen molar-refractivity contribution in [3.63, 3.8) is 0 Å². The van der Waals surface area contributed by atoms with Gasteiger partial charge in [0.1, 0.15) is 5.58 Å². The largest absolute Gasteiger partial charge is 0.500 e. The Hall–Kier alpha value is -5.41. The number of aromatic nitrogens is 2. The van der Waals surface area contributed by atoms with Gasteiger partial charge in [0, 0.05) is 54.2 Å². The summed E-state index contributed by atoms with van der Waals surface area (Å²) in [6.45, 7) is -0.697. The fraction of sp³-hybridized carbons (Fsp3) is 0.125. The fourth-order valence-corrected chi connectivity index (χ4v) is 6.52. The van der Waals surface area contributed by atoms with Gasteiger partial charge in [0.15, 0.2) is 0 Å². The number of hydrogen-bond donors (Lipinski definition) is 0. The summed E-state index contributed by atoms with van der Waals surface area (Å²) >= 11 is 0. The van der Waals surface area contributed by atoms with Gasteiger partial charge < -0.3 is 14.4 Å². The van der Waals surface area contributed by atoms with Gasteiger partial charge in [-0.1, -0.05) is 140 Å². The van der Waals surface area contributed by atoms with E-state index in [9.17, 15) is 0 Å². The van der Waals surface area contributed by atoms with E-state index in [0.29, 0.717) is 28.1 Å². The molecule has 1 radical (unpaired) electrons. The molecule has 0 aliphatic heterocycles. The van der Waals surface area contributed by atoms with Crippen molar-refractivity contribution in [2.75, 3.05) is 0 Å². The topological polar surface area (TPSA) is 38.9 Å². The molecule has 9 aromatic rings. The minimum absolute atomic E-state index is 0. The Morgan fingerprint density at radius 1 is 0.731 bits per heavy atom. The van der Waals surface area contributed by atoms with Gasteiger partial charge in [0.25, 0.3) is 0 Å². The Morgan fingerprint density at radius 2 is 1.54 bits per heavy atom. The molecule has 0 aliphatic rings. The summed E-state index contributed by atoms with van der Waals surface area (Å²) in [5, 5.41) is 6.64. The smallest absolute Gasteiger partial charge is 0.129 e. The first-order valence-corrected chi connectivity index (χ1v) is 16.8. The molecule has 0 aliphatic carbocycles. The van der Waals surface area contributed by atoms with Gasteiger partial charge in [-0.15, -0.1) is 47.5 Å². The summed E-state index contributed by atoms with van der Waals surface area (Å²) in [5.41, 5.74) is 6.48. The number of nitrogens with zero attached hydrogens (tertiary/aromatic N) is 2. The van der Waals surface area contributed by atoms with Crippen LogP contribution in [0.4, 0.5) is 0 Å². The molecule has 6 aromatic carbocycles. The average Bonchev–Trinajstić information content (AvgIpc) is 3.62.